The number of carbonyl (C=O) groups excluding carboxylic acids is 2. The highest BCUT2D eigenvalue weighted by atomic mass is 35.5. The maximum Gasteiger partial charge on any atom is 0.244 e. The number of nitrogens with zero attached hydrogens (tertiary/aromatic N) is 2. The van der Waals surface area contributed by atoms with Gasteiger partial charge in [-0.3, -0.25) is 13.9 Å². The predicted molar refractivity (Wildman–Crippen MR) is 138 cm³/mol. The molecule has 1 atom stereocenters. The van der Waals surface area contributed by atoms with E-state index < -0.39 is 34.1 Å². The maximum atomic E-state index is 13.5. The molecule has 10 heteroatoms. The average Bonchev–Trinajstić information content (AvgIpc) is 2.71. The Morgan fingerprint density at radius 1 is 1.06 bits per heavy atom. The van der Waals surface area contributed by atoms with E-state index in [1.165, 1.54) is 4.90 Å². The van der Waals surface area contributed by atoms with Crippen molar-refractivity contribution in [3.05, 3.63) is 63.6 Å². The number of nitrogens with one attached hydrogen (secondary N) is 1. The summed E-state index contributed by atoms with van der Waals surface area (Å²) < 4.78 is 26.3. The lowest BCUT2D eigenvalue weighted by Gasteiger charge is -2.33. The molecule has 0 saturated carbocycles. The standard InChI is InChI=1S/C24H31Cl2N3O4S/c1-16-20(26)8-7-9-21(16)29(34(6,32)33)15-22(30)28(14-18-10-12-19(25)13-11-18)17(2)23(31)27-24(3,4)5/h7-13,17H,14-15H2,1-6H3,(H,27,31)/t17-/m1/s1. The van der Waals surface area contributed by atoms with Crippen molar-refractivity contribution >= 4 is 50.7 Å². The molecule has 0 aromatic heterocycles. The SMILES string of the molecule is Cc1c(Cl)cccc1N(CC(=O)N(Cc1ccc(Cl)cc1)[C@H](C)C(=O)NC(C)(C)C)S(C)(=O)=O. The van der Waals surface area contributed by atoms with Gasteiger partial charge in [0.2, 0.25) is 21.8 Å². The van der Waals surface area contributed by atoms with Gasteiger partial charge in [0.25, 0.3) is 0 Å². The molecule has 0 bridgehead atoms. The molecule has 0 fully saturated rings. The Balaban J connectivity index is 2.44. The van der Waals surface area contributed by atoms with Crippen molar-refractivity contribution in [2.24, 2.45) is 0 Å². The maximum absolute atomic E-state index is 13.5. The average molecular weight is 529 g/mol. The first kappa shape index (κ1) is 28.0. The number of hydrogen-bond acceptors (Lipinski definition) is 4. The van der Waals surface area contributed by atoms with Crippen LogP contribution in [0.5, 0.6) is 0 Å². The molecule has 2 amide bonds. The van der Waals surface area contributed by atoms with Crippen LogP contribution >= 0.6 is 23.2 Å². The van der Waals surface area contributed by atoms with Crippen LogP contribution in [0.2, 0.25) is 10.0 Å². The Hall–Kier alpha value is -2.29. The van der Waals surface area contributed by atoms with Gasteiger partial charge in [0, 0.05) is 22.1 Å². The van der Waals surface area contributed by atoms with Crippen molar-refractivity contribution in [2.75, 3.05) is 17.1 Å². The number of hydrogen-bond donors (Lipinski definition) is 1. The topological polar surface area (TPSA) is 86.8 Å². The number of sulfonamides is 1. The van der Waals surface area contributed by atoms with Crippen LogP contribution in [0, 0.1) is 6.92 Å². The molecule has 2 aromatic carbocycles. The van der Waals surface area contributed by atoms with Crippen molar-refractivity contribution in [1.29, 1.82) is 0 Å². The van der Waals surface area contributed by atoms with E-state index in [2.05, 4.69) is 5.32 Å². The zero-order valence-electron chi connectivity index (χ0n) is 20.2. The zero-order chi connectivity index (χ0) is 25.8. The molecule has 0 radical (unpaired) electrons. The van der Waals surface area contributed by atoms with Gasteiger partial charge in [0.1, 0.15) is 12.6 Å². The largest absolute Gasteiger partial charge is 0.350 e. The van der Waals surface area contributed by atoms with Gasteiger partial charge < -0.3 is 10.2 Å². The first-order valence-corrected chi connectivity index (χ1v) is 13.3. The third-order valence-corrected chi connectivity index (χ3v) is 6.91. The molecule has 0 heterocycles. The monoisotopic (exact) mass is 527 g/mol. The summed E-state index contributed by atoms with van der Waals surface area (Å²) in [6, 6.07) is 10.9. The quantitative estimate of drug-likeness (QED) is 0.551. The number of anilines is 1. The normalized spacial score (nSPS) is 12.7. The van der Waals surface area contributed by atoms with E-state index in [0.29, 0.717) is 21.3 Å². The number of benzene rings is 2. The minimum absolute atomic E-state index is 0.0981. The Kier molecular flexibility index (Phi) is 9.02. The highest BCUT2D eigenvalue weighted by Crippen LogP contribution is 2.28. The molecule has 0 aliphatic heterocycles. The fourth-order valence-corrected chi connectivity index (χ4v) is 4.50. The Morgan fingerprint density at radius 3 is 2.18 bits per heavy atom. The van der Waals surface area contributed by atoms with Gasteiger partial charge in [-0.15, -0.1) is 0 Å². The summed E-state index contributed by atoms with van der Waals surface area (Å²) in [6.45, 7) is 8.44. The highest BCUT2D eigenvalue weighted by Gasteiger charge is 2.31. The predicted octanol–water partition coefficient (Wildman–Crippen LogP) is 4.40. The second-order valence-electron chi connectivity index (χ2n) is 9.22. The minimum atomic E-state index is -3.83. The smallest absolute Gasteiger partial charge is 0.244 e. The molecule has 0 aliphatic carbocycles. The van der Waals surface area contributed by atoms with Crippen LogP contribution < -0.4 is 9.62 Å². The van der Waals surface area contributed by atoms with E-state index in [1.807, 2.05) is 20.8 Å². The van der Waals surface area contributed by atoms with Crippen LogP contribution in [-0.4, -0.2) is 49.5 Å². The van der Waals surface area contributed by atoms with Crippen molar-refractivity contribution in [1.82, 2.24) is 10.2 Å². The molecule has 0 spiro atoms. The molecule has 0 aliphatic rings. The van der Waals surface area contributed by atoms with E-state index in [9.17, 15) is 18.0 Å². The zero-order valence-corrected chi connectivity index (χ0v) is 22.6. The summed E-state index contributed by atoms with van der Waals surface area (Å²) in [5.74, 6) is -0.879. The third-order valence-electron chi connectivity index (χ3n) is 5.12. The number of amides is 2. The second kappa shape index (κ2) is 11.0. The molecular formula is C24H31Cl2N3O4S. The molecule has 186 valence electrons. The van der Waals surface area contributed by atoms with Crippen LogP contribution in [0.3, 0.4) is 0 Å². The van der Waals surface area contributed by atoms with Crippen molar-refractivity contribution in [2.45, 2.75) is 52.7 Å². The van der Waals surface area contributed by atoms with E-state index >= 15 is 0 Å². The highest BCUT2D eigenvalue weighted by molar-refractivity contribution is 7.92. The number of halogens is 2. The summed E-state index contributed by atoms with van der Waals surface area (Å²) >= 11 is 12.2. The molecule has 2 aromatic rings. The Labute approximate surface area is 212 Å². The summed E-state index contributed by atoms with van der Waals surface area (Å²) in [5, 5.41) is 3.80. The summed E-state index contributed by atoms with van der Waals surface area (Å²) in [7, 11) is -3.83. The lowest BCUT2D eigenvalue weighted by atomic mass is 10.1. The summed E-state index contributed by atoms with van der Waals surface area (Å²) in [5.41, 5.74) is 1.08. The van der Waals surface area contributed by atoms with Gasteiger partial charge in [-0.05, 0) is 70.0 Å². The number of carbonyl (C=O) groups is 2. The molecule has 7 nitrogen and oxygen atoms in total. The molecule has 1 N–H and O–H groups in total. The molecule has 0 saturated heterocycles. The number of rotatable bonds is 8. The van der Waals surface area contributed by atoms with Gasteiger partial charge in [-0.1, -0.05) is 41.4 Å². The minimum Gasteiger partial charge on any atom is -0.350 e. The van der Waals surface area contributed by atoms with E-state index in [4.69, 9.17) is 23.2 Å². The first-order chi connectivity index (χ1) is 15.6. The van der Waals surface area contributed by atoms with Crippen molar-refractivity contribution in [3.8, 4) is 0 Å². The third kappa shape index (κ3) is 7.61. The van der Waals surface area contributed by atoms with Crippen LogP contribution in [0.25, 0.3) is 0 Å². The fourth-order valence-electron chi connectivity index (χ4n) is 3.30. The van der Waals surface area contributed by atoms with Crippen molar-refractivity contribution < 1.29 is 18.0 Å². The van der Waals surface area contributed by atoms with Gasteiger partial charge in [0.05, 0.1) is 11.9 Å². The molecule has 0 unspecified atom stereocenters. The second-order valence-corrected chi connectivity index (χ2v) is 12.0. The van der Waals surface area contributed by atoms with Gasteiger partial charge >= 0.3 is 0 Å². The van der Waals surface area contributed by atoms with E-state index in [0.717, 1.165) is 16.1 Å². The molecule has 34 heavy (non-hydrogen) atoms. The Morgan fingerprint density at radius 2 is 1.65 bits per heavy atom. The van der Waals surface area contributed by atoms with Gasteiger partial charge in [0.15, 0.2) is 0 Å². The van der Waals surface area contributed by atoms with E-state index in [-0.39, 0.29) is 12.5 Å². The molecular weight excluding hydrogens is 497 g/mol. The first-order valence-electron chi connectivity index (χ1n) is 10.7. The van der Waals surface area contributed by atoms with Crippen LogP contribution in [0.15, 0.2) is 42.5 Å². The molecule has 2 rings (SSSR count). The van der Waals surface area contributed by atoms with Crippen LogP contribution in [0.4, 0.5) is 5.69 Å². The van der Waals surface area contributed by atoms with Crippen molar-refractivity contribution in [3.63, 3.8) is 0 Å². The van der Waals surface area contributed by atoms with Crippen LogP contribution in [-0.2, 0) is 26.2 Å². The Bertz CT molecular complexity index is 1150. The summed E-state index contributed by atoms with van der Waals surface area (Å²) in [4.78, 5) is 27.8. The lowest BCUT2D eigenvalue weighted by molar-refractivity contribution is -0.140. The van der Waals surface area contributed by atoms with Gasteiger partial charge in [-0.2, -0.15) is 0 Å². The van der Waals surface area contributed by atoms with Gasteiger partial charge in [-0.25, -0.2) is 8.42 Å². The van der Waals surface area contributed by atoms with Crippen LogP contribution in [0.1, 0.15) is 38.8 Å². The fraction of sp³-hybridized carbons (Fsp3) is 0.417. The lowest BCUT2D eigenvalue weighted by Crippen LogP contribution is -2.54. The van der Waals surface area contributed by atoms with E-state index in [1.54, 1.807) is 56.3 Å². The summed E-state index contributed by atoms with van der Waals surface area (Å²) in [6.07, 6.45) is 1.03.